The molecule has 2 atom stereocenters. The van der Waals surface area contributed by atoms with Gasteiger partial charge in [-0.2, -0.15) is 13.9 Å². The van der Waals surface area contributed by atoms with Crippen LogP contribution in [0.4, 0.5) is 30.7 Å². The number of amides is 2. The molecule has 0 fully saturated rings. The summed E-state index contributed by atoms with van der Waals surface area (Å²) in [5, 5.41) is 16.3. The first-order chi connectivity index (χ1) is 21.2. The number of nitrogens with two attached hydrogens (primary N) is 1. The maximum atomic E-state index is 14.9. The molecule has 2 amide bonds. The highest BCUT2D eigenvalue weighted by molar-refractivity contribution is 5.94. The van der Waals surface area contributed by atoms with Gasteiger partial charge in [-0.3, -0.25) is 19.3 Å². The topological polar surface area (TPSA) is 123 Å². The van der Waals surface area contributed by atoms with Gasteiger partial charge in [0, 0.05) is 29.8 Å². The molecule has 0 bridgehead atoms. The molecule has 2 heterocycles. The normalized spacial score (nSPS) is 16.3. The number of carbonyl (C=O) groups excluding carboxylic acids is 2. The van der Waals surface area contributed by atoms with Crippen molar-refractivity contribution >= 4 is 11.8 Å². The Balaban J connectivity index is 1.55. The summed E-state index contributed by atoms with van der Waals surface area (Å²) in [4.78, 5) is 29.4. The summed E-state index contributed by atoms with van der Waals surface area (Å²) >= 11 is 0. The number of benzene rings is 2. The van der Waals surface area contributed by atoms with Gasteiger partial charge < -0.3 is 16.2 Å². The van der Waals surface area contributed by atoms with Gasteiger partial charge in [0.2, 0.25) is 5.91 Å². The van der Waals surface area contributed by atoms with Crippen molar-refractivity contribution < 1.29 is 45.4 Å². The van der Waals surface area contributed by atoms with Crippen molar-refractivity contribution in [2.75, 3.05) is 0 Å². The highest BCUT2D eigenvalue weighted by Crippen LogP contribution is 2.47. The average Bonchev–Trinajstić information content (AvgIpc) is 3.36. The Morgan fingerprint density at radius 1 is 1.07 bits per heavy atom. The number of hydrogen-bond donors (Lipinski definition) is 3. The number of aliphatic hydroxyl groups excluding tert-OH is 1. The van der Waals surface area contributed by atoms with Crippen molar-refractivity contribution in [1.82, 2.24) is 20.1 Å². The molecular formula is C30H24F7N5O3. The third-order valence-electron chi connectivity index (χ3n) is 7.34. The highest BCUT2D eigenvalue weighted by atomic mass is 19.3. The summed E-state index contributed by atoms with van der Waals surface area (Å²) in [5.74, 6) is -8.51. The molecule has 4 aromatic rings. The van der Waals surface area contributed by atoms with E-state index in [1.54, 1.807) is 0 Å². The van der Waals surface area contributed by atoms with E-state index in [2.05, 4.69) is 15.4 Å². The minimum Gasteiger partial charge on any atom is -0.388 e. The van der Waals surface area contributed by atoms with Crippen LogP contribution < -0.4 is 11.1 Å². The molecule has 1 aliphatic rings. The molecule has 1 aliphatic carbocycles. The smallest absolute Gasteiger partial charge is 0.289 e. The number of fused-ring (bicyclic) bond motifs is 1. The van der Waals surface area contributed by atoms with Crippen molar-refractivity contribution in [3.05, 3.63) is 106 Å². The van der Waals surface area contributed by atoms with Crippen LogP contribution >= 0.6 is 0 Å². The molecule has 4 N–H and O–H groups in total. The third kappa shape index (κ3) is 6.53. The van der Waals surface area contributed by atoms with E-state index < -0.39 is 95.7 Å². The lowest BCUT2D eigenvalue weighted by Gasteiger charge is -2.27. The first kappa shape index (κ1) is 31.6. The van der Waals surface area contributed by atoms with E-state index >= 15 is 0 Å². The second kappa shape index (κ2) is 12.3. The summed E-state index contributed by atoms with van der Waals surface area (Å²) in [5.41, 5.74) is 2.59. The molecule has 0 spiro atoms. The Bertz CT molecular complexity index is 1760. The van der Waals surface area contributed by atoms with Gasteiger partial charge in [0.05, 0.1) is 23.4 Å². The van der Waals surface area contributed by atoms with Crippen LogP contribution in [-0.2, 0) is 23.7 Å². The van der Waals surface area contributed by atoms with Crippen molar-refractivity contribution in [2.45, 2.75) is 50.3 Å². The van der Waals surface area contributed by atoms with Gasteiger partial charge in [-0.05, 0) is 54.3 Å². The van der Waals surface area contributed by atoms with E-state index in [4.69, 9.17) is 5.73 Å². The zero-order valence-electron chi connectivity index (χ0n) is 23.1. The molecule has 45 heavy (non-hydrogen) atoms. The number of nitrogens with one attached hydrogen (secondary N) is 1. The van der Waals surface area contributed by atoms with E-state index in [1.807, 2.05) is 0 Å². The number of halogens is 7. The van der Waals surface area contributed by atoms with Crippen LogP contribution in [0.15, 0.2) is 54.7 Å². The molecule has 2 unspecified atom stereocenters. The summed E-state index contributed by atoms with van der Waals surface area (Å²) in [6.45, 7) is -0.990. The Morgan fingerprint density at radius 2 is 1.78 bits per heavy atom. The molecule has 0 saturated heterocycles. The second-order valence-corrected chi connectivity index (χ2v) is 10.5. The summed E-state index contributed by atoms with van der Waals surface area (Å²) in [6.07, 6.45) is -5.31. The Kier molecular flexibility index (Phi) is 8.65. The maximum absolute atomic E-state index is 14.9. The number of alkyl halides is 4. The van der Waals surface area contributed by atoms with Crippen LogP contribution in [0.1, 0.15) is 70.0 Å². The zero-order chi connectivity index (χ0) is 32.6. The minimum atomic E-state index is -3.68. The molecule has 2 aromatic heterocycles. The van der Waals surface area contributed by atoms with Crippen LogP contribution in [-0.4, -0.2) is 31.7 Å². The number of aromatic nitrogens is 3. The Morgan fingerprint density at radius 3 is 2.44 bits per heavy atom. The maximum Gasteiger partial charge on any atom is 0.289 e. The Labute approximate surface area is 250 Å². The fraction of sp³-hybridized carbons (Fsp3) is 0.267. The third-order valence-corrected chi connectivity index (χ3v) is 7.34. The average molecular weight is 636 g/mol. The van der Waals surface area contributed by atoms with E-state index in [0.29, 0.717) is 10.7 Å². The number of hydrogen-bond acceptors (Lipinski definition) is 5. The lowest BCUT2D eigenvalue weighted by molar-refractivity contribution is -0.123. The van der Waals surface area contributed by atoms with Crippen LogP contribution in [0.3, 0.4) is 0 Å². The van der Waals surface area contributed by atoms with Crippen molar-refractivity contribution in [2.24, 2.45) is 5.73 Å². The summed E-state index contributed by atoms with van der Waals surface area (Å²) < 4.78 is 100. The monoisotopic (exact) mass is 635 g/mol. The van der Waals surface area contributed by atoms with E-state index in [0.717, 1.165) is 24.3 Å². The SMILES string of the molecule is NC(=O)c1cc(-c2cccnc2C(Cc2cc(F)cc(F)c2)NC(=O)Cn2nc(C(F)F)c3c2C(F)(F)CCC3O)ccc1F. The molecule has 15 heteroatoms. The van der Waals surface area contributed by atoms with Gasteiger partial charge in [0.1, 0.15) is 35.4 Å². The van der Waals surface area contributed by atoms with Crippen LogP contribution in [0.2, 0.25) is 0 Å². The number of pyridine rings is 1. The zero-order valence-corrected chi connectivity index (χ0v) is 23.1. The number of nitrogens with zero attached hydrogens (tertiary/aromatic N) is 3. The standard InChI is InChI=1S/C30H24F7N5O3/c31-16-8-14(9-17(32)12-16)10-21(25-18(2-1-7-39-25)15-3-4-20(33)19(11-15)29(38)45)40-23(44)13-42-27-24(26(41-42)28(34)35)22(43)5-6-30(27,36)37/h1-4,7-9,11-12,21-22,28,43H,5-6,10,13H2,(H2,38,45)(H,40,44). The molecule has 0 radical (unpaired) electrons. The second-order valence-electron chi connectivity index (χ2n) is 10.5. The predicted molar refractivity (Wildman–Crippen MR) is 144 cm³/mol. The van der Waals surface area contributed by atoms with Gasteiger partial charge in [0.25, 0.3) is 18.3 Å². The van der Waals surface area contributed by atoms with Gasteiger partial charge in [-0.15, -0.1) is 0 Å². The fourth-order valence-electron chi connectivity index (χ4n) is 5.44. The number of aliphatic hydroxyl groups is 1. The van der Waals surface area contributed by atoms with E-state index in [9.17, 15) is 45.4 Å². The van der Waals surface area contributed by atoms with Gasteiger partial charge in [-0.1, -0.05) is 12.1 Å². The minimum absolute atomic E-state index is 0.0532. The lowest BCUT2D eigenvalue weighted by Crippen LogP contribution is -2.35. The Hall–Kier alpha value is -4.79. The van der Waals surface area contributed by atoms with Gasteiger partial charge >= 0.3 is 0 Å². The fourth-order valence-corrected chi connectivity index (χ4v) is 5.44. The molecule has 0 aliphatic heterocycles. The molecule has 8 nitrogen and oxygen atoms in total. The van der Waals surface area contributed by atoms with Crippen molar-refractivity contribution in [3.63, 3.8) is 0 Å². The first-order valence-electron chi connectivity index (χ1n) is 13.5. The molecule has 2 aromatic carbocycles. The number of primary amides is 1. The number of carbonyl (C=O) groups is 2. The number of rotatable bonds is 9. The van der Waals surface area contributed by atoms with Crippen LogP contribution in [0, 0.1) is 17.5 Å². The predicted octanol–water partition coefficient (Wildman–Crippen LogP) is 5.42. The van der Waals surface area contributed by atoms with Gasteiger partial charge in [0.15, 0.2) is 0 Å². The molecule has 5 rings (SSSR count). The van der Waals surface area contributed by atoms with Crippen LogP contribution in [0.5, 0.6) is 0 Å². The van der Waals surface area contributed by atoms with Crippen molar-refractivity contribution in [1.29, 1.82) is 0 Å². The highest BCUT2D eigenvalue weighted by Gasteiger charge is 2.47. The van der Waals surface area contributed by atoms with E-state index in [1.165, 1.54) is 24.4 Å². The summed E-state index contributed by atoms with van der Waals surface area (Å²) in [7, 11) is 0. The lowest BCUT2D eigenvalue weighted by atomic mass is 9.90. The molecule has 0 saturated carbocycles. The van der Waals surface area contributed by atoms with Gasteiger partial charge in [-0.25, -0.2) is 22.0 Å². The largest absolute Gasteiger partial charge is 0.388 e. The van der Waals surface area contributed by atoms with E-state index in [-0.39, 0.29) is 28.8 Å². The first-order valence-corrected chi connectivity index (χ1v) is 13.5. The van der Waals surface area contributed by atoms with Crippen LogP contribution in [0.25, 0.3) is 11.1 Å². The van der Waals surface area contributed by atoms with Crippen molar-refractivity contribution in [3.8, 4) is 11.1 Å². The molecule has 236 valence electrons. The quantitative estimate of drug-likeness (QED) is 0.212. The summed E-state index contributed by atoms with van der Waals surface area (Å²) in [6, 6.07) is 7.81. The molecular weight excluding hydrogens is 611 g/mol.